The van der Waals surface area contributed by atoms with Gasteiger partial charge in [-0.15, -0.1) is 0 Å². The van der Waals surface area contributed by atoms with Gasteiger partial charge in [0.15, 0.2) is 0 Å². The smallest absolute Gasteiger partial charge is 0.101 e. The summed E-state index contributed by atoms with van der Waals surface area (Å²) in [5, 5.41) is 9.91. The van der Waals surface area contributed by atoms with Crippen LogP contribution in [-0.2, 0) is 22.3 Å². The highest BCUT2D eigenvalue weighted by Crippen LogP contribution is 2.08. The summed E-state index contributed by atoms with van der Waals surface area (Å²) in [4.78, 5) is 8.65. The molecule has 0 bridgehead atoms. The molecule has 0 aliphatic carbocycles. The largest absolute Gasteiger partial charge is 0.388 e. The van der Waals surface area contributed by atoms with Crippen molar-refractivity contribution in [3.63, 3.8) is 0 Å². The number of aryl methyl sites for hydroxylation is 2. The maximum atomic E-state index is 9.91. The molecule has 0 aromatic carbocycles. The van der Waals surface area contributed by atoms with Crippen molar-refractivity contribution in [1.82, 2.24) is 9.97 Å². The molecule has 0 fully saturated rings. The molecule has 0 saturated carbocycles. The van der Waals surface area contributed by atoms with E-state index < -0.39 is 6.10 Å². The molecule has 1 N–H and O–H groups in total. The third kappa shape index (κ3) is 13.2. The number of hydrogen-bond acceptors (Lipinski definition) is 7. The Morgan fingerprint density at radius 2 is 1.23 bits per heavy atom. The van der Waals surface area contributed by atoms with Gasteiger partial charge in [0.05, 0.1) is 13.2 Å². The van der Waals surface area contributed by atoms with Crippen LogP contribution in [0.4, 0.5) is 0 Å². The van der Waals surface area contributed by atoms with E-state index in [9.17, 15) is 5.11 Å². The minimum atomic E-state index is -0.543. The summed E-state index contributed by atoms with van der Waals surface area (Å²) in [6, 6.07) is 12.1. The Morgan fingerprint density at radius 1 is 0.733 bits per heavy atom. The second-order valence-electron chi connectivity index (χ2n) is 6.88. The van der Waals surface area contributed by atoms with Gasteiger partial charge in [-0.05, 0) is 73.0 Å². The molecule has 30 heavy (non-hydrogen) atoms. The molecule has 0 saturated heterocycles. The predicted octanol–water partition coefficient (Wildman–Crippen LogP) is 3.90. The van der Waals surface area contributed by atoms with Crippen LogP contribution >= 0.6 is 23.5 Å². The topological polar surface area (TPSA) is 64.5 Å². The molecule has 2 aromatic heterocycles. The Morgan fingerprint density at radius 3 is 1.67 bits per heavy atom. The molecule has 7 heteroatoms. The van der Waals surface area contributed by atoms with Crippen molar-refractivity contribution >= 4 is 23.5 Å². The highest BCUT2D eigenvalue weighted by Gasteiger charge is 2.04. The molecular weight excluding hydrogens is 416 g/mol. The molecule has 5 nitrogen and oxygen atoms in total. The standard InChI is InChI=1S/C23H34N2O3S2/c26-23(19-27-13-5-15-29-17-9-21-7-1-3-11-24-21)20-28-14-6-16-30-18-10-22-8-2-4-12-25-22/h1-4,7-8,11-12,23,26H,5-6,9-10,13-20H2. The zero-order chi connectivity index (χ0) is 21.1. The maximum Gasteiger partial charge on any atom is 0.101 e. The summed E-state index contributed by atoms with van der Waals surface area (Å²) in [5.74, 6) is 4.29. The minimum Gasteiger partial charge on any atom is -0.388 e. The summed E-state index contributed by atoms with van der Waals surface area (Å²) < 4.78 is 11.1. The molecule has 0 atom stereocenters. The zero-order valence-electron chi connectivity index (χ0n) is 17.7. The average Bonchev–Trinajstić information content (AvgIpc) is 2.79. The van der Waals surface area contributed by atoms with Crippen LogP contribution in [0.15, 0.2) is 48.8 Å². The molecule has 0 unspecified atom stereocenters. The van der Waals surface area contributed by atoms with Crippen LogP contribution in [0.5, 0.6) is 0 Å². The van der Waals surface area contributed by atoms with Gasteiger partial charge in [0, 0.05) is 37.0 Å². The molecule has 2 heterocycles. The van der Waals surface area contributed by atoms with Gasteiger partial charge in [0.25, 0.3) is 0 Å². The lowest BCUT2D eigenvalue weighted by Crippen LogP contribution is -2.22. The van der Waals surface area contributed by atoms with Crippen LogP contribution < -0.4 is 0 Å². The summed E-state index contributed by atoms with van der Waals surface area (Å²) in [6.45, 7) is 2.05. The lowest BCUT2D eigenvalue weighted by Gasteiger charge is -2.12. The van der Waals surface area contributed by atoms with E-state index in [0.29, 0.717) is 26.4 Å². The van der Waals surface area contributed by atoms with E-state index in [2.05, 4.69) is 22.1 Å². The van der Waals surface area contributed by atoms with Crippen molar-refractivity contribution in [3.8, 4) is 0 Å². The van der Waals surface area contributed by atoms with Crippen molar-refractivity contribution in [2.75, 3.05) is 49.4 Å². The third-order valence-electron chi connectivity index (χ3n) is 4.23. The van der Waals surface area contributed by atoms with Crippen molar-refractivity contribution in [1.29, 1.82) is 0 Å². The number of aliphatic hydroxyl groups is 1. The Balaban J connectivity index is 1.29. The molecule has 0 radical (unpaired) electrons. The van der Waals surface area contributed by atoms with Gasteiger partial charge in [-0.25, -0.2) is 0 Å². The van der Waals surface area contributed by atoms with Gasteiger partial charge in [0.2, 0.25) is 0 Å². The van der Waals surface area contributed by atoms with Gasteiger partial charge >= 0.3 is 0 Å². The molecule has 0 aliphatic heterocycles. The van der Waals surface area contributed by atoms with Gasteiger partial charge < -0.3 is 14.6 Å². The molecule has 0 aliphatic rings. The molecule has 2 aromatic rings. The molecule has 166 valence electrons. The summed E-state index contributed by atoms with van der Waals surface area (Å²) in [6.07, 6.45) is 7.14. The van der Waals surface area contributed by atoms with E-state index in [-0.39, 0.29) is 0 Å². The van der Waals surface area contributed by atoms with Crippen LogP contribution in [0.1, 0.15) is 24.2 Å². The Labute approximate surface area is 189 Å². The quantitative estimate of drug-likeness (QED) is 0.346. The van der Waals surface area contributed by atoms with Crippen molar-refractivity contribution in [2.45, 2.75) is 31.8 Å². The maximum absolute atomic E-state index is 9.91. The average molecular weight is 451 g/mol. The Hall–Kier alpha value is -1.12. The van der Waals surface area contributed by atoms with Crippen LogP contribution in [0.3, 0.4) is 0 Å². The number of hydrogen-bond donors (Lipinski definition) is 1. The fraction of sp³-hybridized carbons (Fsp3) is 0.565. The van der Waals surface area contributed by atoms with Crippen molar-refractivity contribution in [3.05, 3.63) is 60.2 Å². The number of nitrogens with zero attached hydrogens (tertiary/aromatic N) is 2. The van der Waals surface area contributed by atoms with Crippen molar-refractivity contribution < 1.29 is 14.6 Å². The number of ether oxygens (including phenoxy) is 2. The Kier molecular flexibility index (Phi) is 14.7. The molecule has 0 amide bonds. The second kappa shape index (κ2) is 17.5. The number of rotatable bonds is 18. The van der Waals surface area contributed by atoms with Crippen LogP contribution in [-0.4, -0.2) is 70.6 Å². The van der Waals surface area contributed by atoms with E-state index in [0.717, 1.165) is 60.1 Å². The van der Waals surface area contributed by atoms with Crippen LogP contribution in [0.25, 0.3) is 0 Å². The van der Waals surface area contributed by atoms with E-state index in [1.165, 1.54) is 0 Å². The van der Waals surface area contributed by atoms with Gasteiger partial charge in [-0.3, -0.25) is 9.97 Å². The monoisotopic (exact) mass is 450 g/mol. The third-order valence-corrected chi connectivity index (χ3v) is 6.37. The van der Waals surface area contributed by atoms with E-state index in [4.69, 9.17) is 9.47 Å². The second-order valence-corrected chi connectivity index (χ2v) is 9.33. The lowest BCUT2D eigenvalue weighted by atomic mass is 10.3. The minimum absolute atomic E-state index is 0.345. The molecule has 2 rings (SSSR count). The summed E-state index contributed by atoms with van der Waals surface area (Å²) >= 11 is 3.84. The fourth-order valence-corrected chi connectivity index (χ4v) is 4.42. The number of pyridine rings is 2. The van der Waals surface area contributed by atoms with Gasteiger partial charge in [-0.1, -0.05) is 12.1 Å². The van der Waals surface area contributed by atoms with Gasteiger partial charge in [-0.2, -0.15) is 23.5 Å². The van der Waals surface area contributed by atoms with Crippen molar-refractivity contribution in [2.24, 2.45) is 0 Å². The van der Waals surface area contributed by atoms with E-state index >= 15 is 0 Å². The van der Waals surface area contributed by atoms with Crippen LogP contribution in [0.2, 0.25) is 0 Å². The highest BCUT2D eigenvalue weighted by molar-refractivity contribution is 7.99. The molecular formula is C23H34N2O3S2. The van der Waals surface area contributed by atoms with E-state index in [1.807, 2.05) is 60.2 Å². The lowest BCUT2D eigenvalue weighted by molar-refractivity contribution is -0.0181. The molecule has 0 spiro atoms. The zero-order valence-corrected chi connectivity index (χ0v) is 19.3. The number of aromatic nitrogens is 2. The Bertz CT molecular complexity index is 579. The first-order chi connectivity index (χ1) is 14.8. The first-order valence-corrected chi connectivity index (χ1v) is 12.9. The number of thioether (sulfide) groups is 2. The first kappa shape index (κ1) is 25.1. The van der Waals surface area contributed by atoms with Gasteiger partial charge in [0.1, 0.15) is 6.10 Å². The van der Waals surface area contributed by atoms with Crippen LogP contribution in [0, 0.1) is 0 Å². The number of aliphatic hydroxyl groups excluding tert-OH is 1. The summed E-state index contributed by atoms with van der Waals surface area (Å²) in [5.41, 5.74) is 2.29. The van der Waals surface area contributed by atoms with E-state index in [1.54, 1.807) is 0 Å². The first-order valence-electron chi connectivity index (χ1n) is 10.6. The normalized spacial score (nSPS) is 11.3. The fourth-order valence-electron chi connectivity index (χ4n) is 2.66. The predicted molar refractivity (Wildman–Crippen MR) is 127 cm³/mol. The highest BCUT2D eigenvalue weighted by atomic mass is 32.2. The SMILES string of the molecule is OC(COCCCSCCc1ccccn1)COCCCSCCc1ccccn1. The summed E-state index contributed by atoms with van der Waals surface area (Å²) in [7, 11) is 0.